The van der Waals surface area contributed by atoms with E-state index in [1.54, 1.807) is 12.5 Å². The SMILES string of the molecule is COc1ccccc1C([CH]Cc1cc(C(F)(F)F)cc(C(F)(F)F)c1)N1CCN(Cc2ccc3c(c2)OCO3)CC1. The fourth-order valence-corrected chi connectivity index (χ4v) is 5.27. The first-order chi connectivity index (χ1) is 19.5. The molecule has 1 unspecified atom stereocenters. The molecular weight excluding hydrogens is 550 g/mol. The van der Waals surface area contributed by atoms with E-state index in [1.165, 1.54) is 7.11 Å². The van der Waals surface area contributed by atoms with Gasteiger partial charge in [-0.05, 0) is 60.4 Å². The third kappa shape index (κ3) is 6.90. The summed E-state index contributed by atoms with van der Waals surface area (Å²) in [6, 6.07) is 14.5. The van der Waals surface area contributed by atoms with Crippen molar-refractivity contribution >= 4 is 0 Å². The molecule has 2 heterocycles. The van der Waals surface area contributed by atoms with E-state index < -0.39 is 23.5 Å². The van der Waals surface area contributed by atoms with Crippen LogP contribution < -0.4 is 14.2 Å². The molecule has 219 valence electrons. The van der Waals surface area contributed by atoms with E-state index in [0.717, 1.165) is 47.8 Å². The predicted octanol–water partition coefficient (Wildman–Crippen LogP) is 6.77. The van der Waals surface area contributed by atoms with Gasteiger partial charge in [0.2, 0.25) is 6.79 Å². The molecule has 2 aliphatic heterocycles. The van der Waals surface area contributed by atoms with Crippen molar-refractivity contribution in [1.82, 2.24) is 9.80 Å². The molecule has 0 N–H and O–H groups in total. The van der Waals surface area contributed by atoms with E-state index in [4.69, 9.17) is 14.2 Å². The van der Waals surface area contributed by atoms with Gasteiger partial charge < -0.3 is 14.2 Å². The summed E-state index contributed by atoms with van der Waals surface area (Å²) in [5.41, 5.74) is -0.820. The molecule has 1 radical (unpaired) electrons. The second-order valence-corrected chi connectivity index (χ2v) is 10.0. The number of hydrogen-bond acceptors (Lipinski definition) is 5. The van der Waals surface area contributed by atoms with Gasteiger partial charge >= 0.3 is 12.4 Å². The van der Waals surface area contributed by atoms with Crippen LogP contribution in [0.1, 0.15) is 33.9 Å². The Balaban J connectivity index is 1.33. The Morgan fingerprint density at radius 2 is 1.46 bits per heavy atom. The summed E-state index contributed by atoms with van der Waals surface area (Å²) in [5.74, 6) is 2.03. The largest absolute Gasteiger partial charge is 0.496 e. The average Bonchev–Trinajstić information content (AvgIpc) is 3.41. The van der Waals surface area contributed by atoms with E-state index >= 15 is 0 Å². The number of benzene rings is 3. The van der Waals surface area contributed by atoms with Crippen molar-refractivity contribution in [2.75, 3.05) is 40.1 Å². The third-order valence-electron chi connectivity index (χ3n) is 7.33. The monoisotopic (exact) mass is 579 g/mol. The molecule has 11 heteroatoms. The lowest BCUT2D eigenvalue weighted by molar-refractivity contribution is -0.143. The first kappa shape index (κ1) is 29.1. The molecule has 41 heavy (non-hydrogen) atoms. The van der Waals surface area contributed by atoms with Crippen LogP contribution in [0, 0.1) is 6.42 Å². The number of piperazine rings is 1. The van der Waals surface area contributed by atoms with Crippen LogP contribution in [0.5, 0.6) is 17.2 Å². The summed E-state index contributed by atoms with van der Waals surface area (Å²) in [6.45, 7) is 3.63. The fourth-order valence-electron chi connectivity index (χ4n) is 5.27. The van der Waals surface area contributed by atoms with Crippen molar-refractivity contribution in [3.63, 3.8) is 0 Å². The molecule has 0 saturated carbocycles. The molecule has 1 saturated heterocycles. The number of ether oxygens (including phenoxy) is 3. The van der Waals surface area contributed by atoms with E-state index in [2.05, 4.69) is 9.80 Å². The van der Waals surface area contributed by atoms with Gasteiger partial charge in [0, 0.05) is 44.3 Å². The van der Waals surface area contributed by atoms with Gasteiger partial charge in [-0.15, -0.1) is 0 Å². The van der Waals surface area contributed by atoms with Crippen LogP contribution in [0.15, 0.2) is 60.7 Å². The maximum Gasteiger partial charge on any atom is 0.416 e. The predicted molar refractivity (Wildman–Crippen MR) is 140 cm³/mol. The van der Waals surface area contributed by atoms with Crippen molar-refractivity contribution in [3.8, 4) is 17.2 Å². The Labute approximate surface area is 234 Å². The van der Waals surface area contributed by atoms with Gasteiger partial charge in [-0.25, -0.2) is 0 Å². The minimum atomic E-state index is -4.90. The number of para-hydroxylation sites is 1. The fraction of sp³-hybridized carbons (Fsp3) is 0.367. The molecule has 0 bridgehead atoms. The highest BCUT2D eigenvalue weighted by Gasteiger charge is 2.37. The lowest BCUT2D eigenvalue weighted by atomic mass is 9.94. The maximum atomic E-state index is 13.4. The summed E-state index contributed by atoms with van der Waals surface area (Å²) < 4.78 is 97.0. The summed E-state index contributed by atoms with van der Waals surface area (Å²) in [4.78, 5) is 4.46. The van der Waals surface area contributed by atoms with Gasteiger partial charge in [-0.3, -0.25) is 9.80 Å². The van der Waals surface area contributed by atoms with Crippen LogP contribution in [-0.4, -0.2) is 49.9 Å². The molecule has 3 aromatic rings. The highest BCUT2D eigenvalue weighted by Crippen LogP contribution is 2.38. The number of fused-ring (bicyclic) bond motifs is 1. The molecule has 2 aliphatic rings. The number of rotatable bonds is 8. The highest BCUT2D eigenvalue weighted by molar-refractivity contribution is 5.44. The van der Waals surface area contributed by atoms with Crippen molar-refractivity contribution in [1.29, 1.82) is 0 Å². The maximum absolute atomic E-state index is 13.4. The Morgan fingerprint density at radius 1 is 0.805 bits per heavy atom. The molecule has 5 rings (SSSR count). The summed E-state index contributed by atoms with van der Waals surface area (Å²) in [7, 11) is 1.53. The van der Waals surface area contributed by atoms with E-state index in [-0.39, 0.29) is 30.9 Å². The van der Waals surface area contributed by atoms with Gasteiger partial charge in [0.25, 0.3) is 0 Å². The summed E-state index contributed by atoms with van der Waals surface area (Å²) in [6.07, 6.45) is -8.12. The number of hydrogen-bond donors (Lipinski definition) is 0. The van der Waals surface area contributed by atoms with Crippen LogP contribution in [0.4, 0.5) is 26.3 Å². The Hall–Kier alpha value is -3.44. The normalized spacial score (nSPS) is 17.0. The third-order valence-corrected chi connectivity index (χ3v) is 7.33. The van der Waals surface area contributed by atoms with Crippen molar-refractivity contribution in [3.05, 3.63) is 94.9 Å². The number of alkyl halides is 6. The Morgan fingerprint density at radius 3 is 2.12 bits per heavy atom. The van der Waals surface area contributed by atoms with Crippen LogP contribution in [0.2, 0.25) is 0 Å². The van der Waals surface area contributed by atoms with E-state index in [9.17, 15) is 26.3 Å². The van der Waals surface area contributed by atoms with Crippen LogP contribution in [0.25, 0.3) is 0 Å². The smallest absolute Gasteiger partial charge is 0.416 e. The summed E-state index contributed by atoms with van der Waals surface area (Å²) >= 11 is 0. The minimum Gasteiger partial charge on any atom is -0.496 e. The van der Waals surface area contributed by atoms with Gasteiger partial charge in [0.05, 0.1) is 18.2 Å². The zero-order valence-corrected chi connectivity index (χ0v) is 22.3. The number of nitrogens with zero attached hydrogens (tertiary/aromatic N) is 2. The average molecular weight is 580 g/mol. The minimum absolute atomic E-state index is 0.0616. The second kappa shape index (κ2) is 11.8. The molecule has 0 spiro atoms. The topological polar surface area (TPSA) is 34.2 Å². The van der Waals surface area contributed by atoms with Gasteiger partial charge in [-0.2, -0.15) is 26.3 Å². The second-order valence-electron chi connectivity index (χ2n) is 10.0. The first-order valence-corrected chi connectivity index (χ1v) is 13.1. The lowest BCUT2D eigenvalue weighted by Gasteiger charge is -2.40. The van der Waals surface area contributed by atoms with Gasteiger partial charge in [-0.1, -0.05) is 24.3 Å². The van der Waals surface area contributed by atoms with Gasteiger partial charge in [0.15, 0.2) is 11.5 Å². The zero-order chi connectivity index (χ0) is 29.2. The quantitative estimate of drug-likeness (QED) is 0.276. The van der Waals surface area contributed by atoms with Crippen molar-refractivity contribution in [2.45, 2.75) is 31.4 Å². The molecular formula is C30H29F6N2O3. The molecule has 1 atom stereocenters. The highest BCUT2D eigenvalue weighted by atomic mass is 19.4. The molecule has 3 aromatic carbocycles. The molecule has 0 aliphatic carbocycles. The Kier molecular flexibility index (Phi) is 8.37. The van der Waals surface area contributed by atoms with Crippen molar-refractivity contribution in [2.24, 2.45) is 0 Å². The molecule has 1 fully saturated rings. The molecule has 5 nitrogen and oxygen atoms in total. The summed E-state index contributed by atoms with van der Waals surface area (Å²) in [5, 5.41) is 0. The standard InChI is InChI=1S/C30H29F6N2O3/c1-39-26-5-3-2-4-24(26)25(8-6-20-14-22(29(31,32)33)17-23(15-20)30(34,35)36)38-12-10-37(11-13-38)18-21-7-9-27-28(16-21)41-19-40-27/h2-5,7-9,14-17,25H,6,10-13,18-19H2,1H3. The lowest BCUT2D eigenvalue weighted by Crippen LogP contribution is -2.47. The molecule has 0 amide bonds. The first-order valence-electron chi connectivity index (χ1n) is 13.1. The van der Waals surface area contributed by atoms with E-state index in [0.29, 0.717) is 25.4 Å². The Bertz CT molecular complexity index is 1320. The number of halogens is 6. The number of methoxy groups -OCH3 is 1. The van der Waals surface area contributed by atoms with Gasteiger partial charge in [0.1, 0.15) is 5.75 Å². The van der Waals surface area contributed by atoms with Crippen LogP contribution in [0.3, 0.4) is 0 Å². The van der Waals surface area contributed by atoms with Crippen molar-refractivity contribution < 1.29 is 40.6 Å². The zero-order valence-electron chi connectivity index (χ0n) is 22.3. The molecule has 0 aromatic heterocycles. The van der Waals surface area contributed by atoms with Crippen LogP contribution in [-0.2, 0) is 25.3 Å². The van der Waals surface area contributed by atoms with Crippen LogP contribution >= 0.6 is 0 Å². The van der Waals surface area contributed by atoms with E-state index in [1.807, 2.05) is 36.4 Å².